The number of methoxy groups -OCH3 is 1. The fourth-order valence-corrected chi connectivity index (χ4v) is 5.68. The molecule has 1 heteroatoms. The predicted molar refractivity (Wildman–Crippen MR) is 82.2 cm³/mol. The van der Waals surface area contributed by atoms with E-state index in [2.05, 4.69) is 25.1 Å². The smallest absolute Gasteiger partial charge is 0.119 e. The van der Waals surface area contributed by atoms with Crippen LogP contribution < -0.4 is 4.74 Å². The maximum atomic E-state index is 5.40. The van der Waals surface area contributed by atoms with Crippen LogP contribution in [0.4, 0.5) is 0 Å². The Kier molecular flexibility index (Phi) is 2.87. The van der Waals surface area contributed by atoms with Gasteiger partial charge in [0.25, 0.3) is 0 Å². The number of ether oxygens (including phenoxy) is 1. The minimum absolute atomic E-state index is 0.672. The first-order chi connectivity index (χ1) is 9.71. The van der Waals surface area contributed by atoms with Crippen LogP contribution in [0.2, 0.25) is 0 Å². The van der Waals surface area contributed by atoms with Crippen molar-refractivity contribution in [3.8, 4) is 5.75 Å². The maximum absolute atomic E-state index is 5.40. The minimum atomic E-state index is 0.672. The van der Waals surface area contributed by atoms with Gasteiger partial charge in [0, 0.05) is 0 Å². The lowest BCUT2D eigenvalue weighted by atomic mass is 9.56. The average Bonchev–Trinajstić information content (AvgIpc) is 2.88. The van der Waals surface area contributed by atoms with E-state index in [0.717, 1.165) is 23.5 Å². The van der Waals surface area contributed by atoms with Crippen LogP contribution in [0.3, 0.4) is 0 Å². The molecular formula is C19H26O. The van der Waals surface area contributed by atoms with Crippen molar-refractivity contribution < 1.29 is 4.74 Å². The van der Waals surface area contributed by atoms with Crippen LogP contribution in [0.5, 0.6) is 5.75 Å². The summed E-state index contributed by atoms with van der Waals surface area (Å²) in [5.74, 6) is 3.82. The van der Waals surface area contributed by atoms with Gasteiger partial charge in [-0.1, -0.05) is 19.4 Å². The highest BCUT2D eigenvalue weighted by molar-refractivity contribution is 5.40. The number of hydrogen-bond acceptors (Lipinski definition) is 1. The van der Waals surface area contributed by atoms with E-state index in [4.69, 9.17) is 4.74 Å². The van der Waals surface area contributed by atoms with Gasteiger partial charge >= 0.3 is 0 Å². The highest BCUT2D eigenvalue weighted by atomic mass is 16.5. The van der Waals surface area contributed by atoms with E-state index in [1.807, 2.05) is 0 Å². The summed E-state index contributed by atoms with van der Waals surface area (Å²) in [7, 11) is 1.78. The highest BCUT2D eigenvalue weighted by Gasteiger charge is 2.50. The van der Waals surface area contributed by atoms with Gasteiger partial charge in [-0.05, 0) is 85.0 Å². The third kappa shape index (κ3) is 1.75. The molecule has 0 N–H and O–H groups in total. The lowest BCUT2D eigenvalue weighted by molar-refractivity contribution is 0.0598. The molecule has 0 spiro atoms. The Morgan fingerprint density at radius 1 is 1.15 bits per heavy atom. The number of fused-ring (bicyclic) bond motifs is 5. The van der Waals surface area contributed by atoms with Gasteiger partial charge in [0.1, 0.15) is 5.75 Å². The summed E-state index contributed by atoms with van der Waals surface area (Å²) in [6, 6.07) is 6.82. The molecule has 4 atom stereocenters. The molecule has 0 aliphatic heterocycles. The summed E-state index contributed by atoms with van der Waals surface area (Å²) in [5.41, 5.74) is 3.88. The Morgan fingerprint density at radius 3 is 2.90 bits per heavy atom. The van der Waals surface area contributed by atoms with Crippen LogP contribution in [0.1, 0.15) is 62.5 Å². The molecule has 3 unspecified atom stereocenters. The zero-order valence-corrected chi connectivity index (χ0v) is 12.8. The fourth-order valence-electron chi connectivity index (χ4n) is 5.68. The first kappa shape index (κ1) is 12.7. The van der Waals surface area contributed by atoms with E-state index in [1.165, 1.54) is 44.9 Å². The van der Waals surface area contributed by atoms with Gasteiger partial charge in [0.05, 0.1) is 7.11 Å². The van der Waals surface area contributed by atoms with Crippen LogP contribution >= 0.6 is 0 Å². The first-order valence-corrected chi connectivity index (χ1v) is 8.38. The van der Waals surface area contributed by atoms with Crippen molar-refractivity contribution in [3.05, 3.63) is 29.3 Å². The first-order valence-electron chi connectivity index (χ1n) is 8.38. The van der Waals surface area contributed by atoms with Crippen LogP contribution in [0.25, 0.3) is 0 Å². The van der Waals surface area contributed by atoms with E-state index in [9.17, 15) is 0 Å². The van der Waals surface area contributed by atoms with Gasteiger partial charge in [-0.25, -0.2) is 0 Å². The summed E-state index contributed by atoms with van der Waals surface area (Å²) in [4.78, 5) is 0. The van der Waals surface area contributed by atoms with Crippen molar-refractivity contribution in [1.82, 2.24) is 0 Å². The summed E-state index contributed by atoms with van der Waals surface area (Å²) in [6.45, 7) is 2.57. The third-order valence-corrected chi connectivity index (χ3v) is 6.71. The number of rotatable bonds is 1. The molecule has 0 saturated heterocycles. The normalized spacial score (nSPS) is 38.8. The lowest BCUT2D eigenvalue weighted by Crippen LogP contribution is -2.39. The topological polar surface area (TPSA) is 9.23 Å². The zero-order valence-electron chi connectivity index (χ0n) is 12.8. The molecule has 20 heavy (non-hydrogen) atoms. The molecule has 1 aromatic carbocycles. The number of hydrogen-bond donors (Lipinski definition) is 0. The predicted octanol–water partition coefficient (Wildman–Crippen LogP) is 4.94. The molecule has 0 heterocycles. The molecular weight excluding hydrogens is 244 g/mol. The van der Waals surface area contributed by atoms with E-state index < -0.39 is 0 Å². The van der Waals surface area contributed by atoms with E-state index in [1.54, 1.807) is 18.2 Å². The minimum Gasteiger partial charge on any atom is -0.497 e. The molecule has 2 saturated carbocycles. The molecule has 0 amide bonds. The third-order valence-electron chi connectivity index (χ3n) is 6.71. The molecule has 4 rings (SSSR count). The molecule has 0 radical (unpaired) electrons. The van der Waals surface area contributed by atoms with Crippen molar-refractivity contribution >= 4 is 0 Å². The lowest BCUT2D eigenvalue weighted by Gasteiger charge is -2.49. The van der Waals surface area contributed by atoms with Gasteiger partial charge in [-0.15, -0.1) is 0 Å². The van der Waals surface area contributed by atoms with E-state index in [0.29, 0.717) is 5.41 Å². The van der Waals surface area contributed by atoms with E-state index >= 15 is 0 Å². The van der Waals surface area contributed by atoms with Crippen molar-refractivity contribution in [2.75, 3.05) is 7.11 Å². The van der Waals surface area contributed by atoms with Gasteiger partial charge < -0.3 is 4.74 Å². The van der Waals surface area contributed by atoms with Gasteiger partial charge in [0.2, 0.25) is 0 Å². The van der Waals surface area contributed by atoms with Crippen LogP contribution in [0, 0.1) is 17.3 Å². The van der Waals surface area contributed by atoms with Gasteiger partial charge in [-0.2, -0.15) is 0 Å². The van der Waals surface area contributed by atoms with Crippen LogP contribution in [-0.2, 0) is 6.42 Å². The summed E-state index contributed by atoms with van der Waals surface area (Å²) in [6.07, 6.45) is 9.98. The zero-order chi connectivity index (χ0) is 13.7. The average molecular weight is 270 g/mol. The quantitative estimate of drug-likeness (QED) is 0.702. The second kappa shape index (κ2) is 4.51. The Morgan fingerprint density at radius 2 is 2.05 bits per heavy atom. The number of benzene rings is 1. The second-order valence-electron chi connectivity index (χ2n) is 7.57. The fraction of sp³-hybridized carbons (Fsp3) is 0.684. The summed E-state index contributed by atoms with van der Waals surface area (Å²) < 4.78 is 5.40. The largest absolute Gasteiger partial charge is 0.497 e. The van der Waals surface area contributed by atoms with Crippen LogP contribution in [-0.4, -0.2) is 7.11 Å². The molecule has 108 valence electrons. The number of aryl methyl sites for hydroxylation is 1. The molecule has 2 fully saturated rings. The summed E-state index contributed by atoms with van der Waals surface area (Å²) in [5, 5.41) is 0. The molecule has 1 nitrogen and oxygen atoms in total. The van der Waals surface area contributed by atoms with Crippen molar-refractivity contribution in [3.63, 3.8) is 0 Å². The van der Waals surface area contributed by atoms with E-state index in [-0.39, 0.29) is 0 Å². The van der Waals surface area contributed by atoms with Crippen LogP contribution in [0.15, 0.2) is 18.2 Å². The van der Waals surface area contributed by atoms with Crippen molar-refractivity contribution in [2.24, 2.45) is 17.3 Å². The molecule has 1 aromatic rings. The molecule has 3 aliphatic carbocycles. The Labute approximate surface area is 122 Å². The SMILES string of the molecule is COc1ccc2c(c1)CCC1C2CC[C@]2(C)CCCC12. The highest BCUT2D eigenvalue weighted by Crippen LogP contribution is 2.60. The van der Waals surface area contributed by atoms with Gasteiger partial charge in [0.15, 0.2) is 0 Å². The Hall–Kier alpha value is -0.980. The molecule has 3 aliphatic rings. The maximum Gasteiger partial charge on any atom is 0.119 e. The Bertz CT molecular complexity index is 520. The Balaban J connectivity index is 1.69. The summed E-state index contributed by atoms with van der Waals surface area (Å²) >= 11 is 0. The molecule has 0 bridgehead atoms. The van der Waals surface area contributed by atoms with Gasteiger partial charge in [-0.3, -0.25) is 0 Å². The standard InChI is InChI=1S/C19H26O/c1-19-10-3-4-18(19)17-7-5-13-12-14(20-2)6-8-15(13)16(17)9-11-19/h6,8,12,16-18H,3-5,7,9-11H2,1-2H3/t16?,17?,18?,19-/m0/s1. The van der Waals surface area contributed by atoms with Crippen molar-refractivity contribution in [2.45, 2.75) is 57.8 Å². The second-order valence-corrected chi connectivity index (χ2v) is 7.57. The monoisotopic (exact) mass is 270 g/mol. The van der Waals surface area contributed by atoms with Crippen molar-refractivity contribution in [1.29, 1.82) is 0 Å². The molecule has 0 aromatic heterocycles.